The van der Waals surface area contributed by atoms with E-state index < -0.39 is 28.5 Å². The van der Waals surface area contributed by atoms with Gasteiger partial charge in [-0.05, 0) is 72.5 Å². The van der Waals surface area contributed by atoms with E-state index in [1.165, 1.54) is 31.3 Å². The maximum absolute atomic E-state index is 14.8. The number of amides is 2. The fourth-order valence-corrected chi connectivity index (χ4v) is 7.80. The Labute approximate surface area is 297 Å². The minimum Gasteiger partial charge on any atom is -0.497 e. The van der Waals surface area contributed by atoms with Gasteiger partial charge in [0.1, 0.15) is 24.1 Å². The number of nitrogens with zero attached hydrogens (tertiary/aromatic N) is 2. The molecule has 0 heterocycles. The lowest BCUT2D eigenvalue weighted by Gasteiger charge is -2.35. The molecule has 1 saturated carbocycles. The van der Waals surface area contributed by atoms with Gasteiger partial charge in [0.15, 0.2) is 0 Å². The Morgan fingerprint density at radius 3 is 2.12 bits per heavy atom. The van der Waals surface area contributed by atoms with Crippen LogP contribution >= 0.6 is 15.9 Å². The van der Waals surface area contributed by atoms with Crippen molar-refractivity contribution in [1.29, 1.82) is 0 Å². The quantitative estimate of drug-likeness (QED) is 0.153. The largest absolute Gasteiger partial charge is 0.497 e. The molecule has 9 nitrogen and oxygen atoms in total. The van der Waals surface area contributed by atoms with Gasteiger partial charge in [0.25, 0.3) is 10.0 Å². The van der Waals surface area contributed by atoms with E-state index in [4.69, 9.17) is 9.47 Å². The zero-order valence-corrected chi connectivity index (χ0v) is 30.2. The summed E-state index contributed by atoms with van der Waals surface area (Å²) in [5.74, 6) is -0.0244. The summed E-state index contributed by atoms with van der Waals surface area (Å²) in [6, 6.07) is 28.8. The minimum absolute atomic E-state index is 0.0182. The van der Waals surface area contributed by atoms with Crippen LogP contribution in [0.2, 0.25) is 0 Å². The molecule has 0 unspecified atom stereocenters. The molecule has 4 aromatic rings. The maximum atomic E-state index is 14.8. The Morgan fingerprint density at radius 2 is 1.47 bits per heavy atom. The van der Waals surface area contributed by atoms with Crippen molar-refractivity contribution in [1.82, 2.24) is 10.2 Å². The number of sulfonamides is 1. The molecule has 258 valence electrons. The van der Waals surface area contributed by atoms with Crippen LogP contribution in [0.5, 0.6) is 11.5 Å². The Bertz CT molecular complexity index is 1800. The predicted molar refractivity (Wildman–Crippen MR) is 194 cm³/mol. The van der Waals surface area contributed by atoms with E-state index in [1.54, 1.807) is 36.4 Å². The molecule has 49 heavy (non-hydrogen) atoms. The highest BCUT2D eigenvalue weighted by Crippen LogP contribution is 2.33. The van der Waals surface area contributed by atoms with Crippen molar-refractivity contribution in [2.24, 2.45) is 0 Å². The maximum Gasteiger partial charge on any atom is 0.264 e. The lowest BCUT2D eigenvalue weighted by Crippen LogP contribution is -2.55. The van der Waals surface area contributed by atoms with E-state index >= 15 is 0 Å². The minimum atomic E-state index is -4.30. The van der Waals surface area contributed by atoms with Crippen molar-refractivity contribution in [2.45, 2.75) is 62.0 Å². The number of nitrogens with one attached hydrogen (secondary N) is 1. The summed E-state index contributed by atoms with van der Waals surface area (Å²) in [7, 11) is -1.35. The van der Waals surface area contributed by atoms with Crippen LogP contribution in [0.1, 0.15) is 43.2 Å². The number of hydrogen-bond donors (Lipinski definition) is 1. The number of methoxy groups -OCH3 is 2. The summed E-state index contributed by atoms with van der Waals surface area (Å²) >= 11 is 3.48. The van der Waals surface area contributed by atoms with E-state index in [9.17, 15) is 18.0 Å². The number of anilines is 1. The lowest BCUT2D eigenvalue weighted by molar-refractivity contribution is -0.140. The molecule has 1 fully saturated rings. The van der Waals surface area contributed by atoms with Gasteiger partial charge in [0, 0.05) is 23.5 Å². The Balaban J connectivity index is 1.58. The average molecular weight is 749 g/mol. The zero-order valence-electron chi connectivity index (χ0n) is 27.8. The fraction of sp³-hybridized carbons (Fsp3) is 0.316. The molecule has 11 heteroatoms. The molecule has 0 radical (unpaired) electrons. The number of halogens is 1. The summed E-state index contributed by atoms with van der Waals surface area (Å²) in [6.07, 6.45) is 5.22. The summed E-state index contributed by atoms with van der Waals surface area (Å²) in [6.45, 7) is -0.489. The van der Waals surface area contributed by atoms with Crippen LogP contribution in [-0.4, -0.2) is 58.0 Å². The number of carbonyl (C=O) groups excluding carboxylic acids is 2. The van der Waals surface area contributed by atoms with E-state index in [2.05, 4.69) is 21.2 Å². The van der Waals surface area contributed by atoms with Crippen molar-refractivity contribution in [3.8, 4) is 11.5 Å². The molecule has 1 N–H and O–H groups in total. The SMILES string of the molecule is COc1ccc(S(=O)(=O)N(CC(=O)N(Cc2ccc(Br)cc2)[C@H](Cc2ccccc2)C(=O)NC2CCCCC2)c2ccccc2OC)cc1. The summed E-state index contributed by atoms with van der Waals surface area (Å²) in [5.41, 5.74) is 1.87. The summed E-state index contributed by atoms with van der Waals surface area (Å²) in [4.78, 5) is 30.5. The highest BCUT2D eigenvalue weighted by molar-refractivity contribution is 9.10. The molecule has 0 saturated heterocycles. The van der Waals surface area contributed by atoms with Gasteiger partial charge in [-0.25, -0.2) is 8.42 Å². The number of benzene rings is 4. The van der Waals surface area contributed by atoms with E-state index in [1.807, 2.05) is 54.6 Å². The second-order valence-corrected chi connectivity index (χ2v) is 14.8. The predicted octanol–water partition coefficient (Wildman–Crippen LogP) is 6.75. The van der Waals surface area contributed by atoms with Gasteiger partial charge >= 0.3 is 0 Å². The fourth-order valence-electron chi connectivity index (χ4n) is 6.11. The van der Waals surface area contributed by atoms with Gasteiger partial charge in [-0.2, -0.15) is 0 Å². The van der Waals surface area contributed by atoms with Crippen LogP contribution < -0.4 is 19.1 Å². The number of hydrogen-bond acceptors (Lipinski definition) is 6. The molecule has 5 rings (SSSR count). The first-order valence-electron chi connectivity index (χ1n) is 16.4. The van der Waals surface area contributed by atoms with Crippen molar-refractivity contribution < 1.29 is 27.5 Å². The second kappa shape index (κ2) is 16.8. The average Bonchev–Trinajstić information content (AvgIpc) is 3.13. The number of rotatable bonds is 14. The summed E-state index contributed by atoms with van der Waals surface area (Å²) in [5, 5.41) is 3.24. The molecule has 0 aromatic heterocycles. The summed E-state index contributed by atoms with van der Waals surface area (Å²) < 4.78 is 41.5. The van der Waals surface area contributed by atoms with Gasteiger partial charge in [-0.1, -0.05) is 89.8 Å². The first-order valence-corrected chi connectivity index (χ1v) is 18.6. The molecule has 2 amide bonds. The number of para-hydroxylation sites is 2. The normalized spacial score (nSPS) is 14.0. The smallest absolute Gasteiger partial charge is 0.264 e. The Hall–Kier alpha value is -4.35. The first-order chi connectivity index (χ1) is 23.7. The molecule has 4 aromatic carbocycles. The van der Waals surface area contributed by atoms with Gasteiger partial charge < -0.3 is 19.7 Å². The molecule has 1 atom stereocenters. The van der Waals surface area contributed by atoms with Crippen LogP contribution in [0.4, 0.5) is 5.69 Å². The van der Waals surface area contributed by atoms with E-state index in [0.717, 1.165) is 52.0 Å². The van der Waals surface area contributed by atoms with Crippen LogP contribution in [-0.2, 0) is 32.6 Å². The molecule has 1 aliphatic carbocycles. The Morgan fingerprint density at radius 1 is 0.816 bits per heavy atom. The highest BCUT2D eigenvalue weighted by atomic mass is 79.9. The lowest BCUT2D eigenvalue weighted by atomic mass is 9.94. The van der Waals surface area contributed by atoms with Crippen LogP contribution in [0, 0.1) is 0 Å². The third kappa shape index (κ3) is 9.21. The third-order valence-corrected chi connectivity index (χ3v) is 11.1. The van der Waals surface area contributed by atoms with E-state index in [-0.39, 0.29) is 41.2 Å². The van der Waals surface area contributed by atoms with Crippen molar-refractivity contribution in [3.05, 3.63) is 119 Å². The molecule has 0 aliphatic heterocycles. The van der Waals surface area contributed by atoms with Crippen LogP contribution in [0.3, 0.4) is 0 Å². The standard InChI is InChI=1S/C38H42BrN3O6S/c1-47-32-21-23-33(24-22-32)49(45,46)42(34-15-9-10-16-36(34)48-2)27-37(43)41(26-29-17-19-30(39)20-18-29)35(25-28-11-5-3-6-12-28)38(44)40-31-13-7-4-8-14-31/h3,5-6,9-12,15-24,31,35H,4,7-8,13-14,25-27H2,1-2H3,(H,40,44)/t35-/m1/s1. The highest BCUT2D eigenvalue weighted by Gasteiger charge is 2.36. The van der Waals surface area contributed by atoms with Crippen LogP contribution in [0.25, 0.3) is 0 Å². The van der Waals surface area contributed by atoms with Gasteiger partial charge in [0.2, 0.25) is 11.8 Å². The van der Waals surface area contributed by atoms with Crippen molar-refractivity contribution in [2.75, 3.05) is 25.1 Å². The topological polar surface area (TPSA) is 105 Å². The number of ether oxygens (including phenoxy) is 2. The van der Waals surface area contributed by atoms with Crippen molar-refractivity contribution >= 4 is 43.5 Å². The Kier molecular flexibility index (Phi) is 12.4. The van der Waals surface area contributed by atoms with Crippen LogP contribution in [0.15, 0.2) is 112 Å². The van der Waals surface area contributed by atoms with Gasteiger partial charge in [0.05, 0.1) is 24.8 Å². The molecular weight excluding hydrogens is 706 g/mol. The van der Waals surface area contributed by atoms with Crippen molar-refractivity contribution in [3.63, 3.8) is 0 Å². The first kappa shape index (κ1) is 35.9. The zero-order chi connectivity index (χ0) is 34.8. The molecular formula is C38H42BrN3O6S. The van der Waals surface area contributed by atoms with Gasteiger partial charge in [-0.3, -0.25) is 13.9 Å². The molecule has 0 spiro atoms. The number of carbonyl (C=O) groups is 2. The van der Waals surface area contributed by atoms with Gasteiger partial charge in [-0.15, -0.1) is 0 Å². The molecule has 0 bridgehead atoms. The molecule has 1 aliphatic rings. The second-order valence-electron chi connectivity index (χ2n) is 12.1. The monoisotopic (exact) mass is 747 g/mol. The van der Waals surface area contributed by atoms with E-state index in [0.29, 0.717) is 5.75 Å². The third-order valence-electron chi connectivity index (χ3n) is 8.77.